The topological polar surface area (TPSA) is 29.1 Å². The van der Waals surface area contributed by atoms with Crippen molar-refractivity contribution in [3.63, 3.8) is 0 Å². The third-order valence-corrected chi connectivity index (χ3v) is 5.94. The summed E-state index contributed by atoms with van der Waals surface area (Å²) in [6.07, 6.45) is 3.05. The molecular formula is C18H22ClNO. The zero-order chi connectivity index (χ0) is 15.3. The summed E-state index contributed by atoms with van der Waals surface area (Å²) in [6.45, 7) is 9.28. The molecule has 21 heavy (non-hydrogen) atoms. The minimum Gasteiger partial charge on any atom is -0.351 e. The molecule has 1 amide bonds. The summed E-state index contributed by atoms with van der Waals surface area (Å²) in [5.41, 5.74) is 1.96. The van der Waals surface area contributed by atoms with Crippen LogP contribution in [0.4, 0.5) is 0 Å². The number of hydrogen-bond donors (Lipinski definition) is 1. The predicted molar refractivity (Wildman–Crippen MR) is 86.0 cm³/mol. The molecule has 2 fully saturated rings. The van der Waals surface area contributed by atoms with E-state index in [0.29, 0.717) is 17.5 Å². The number of carbonyl (C=O) groups is 1. The van der Waals surface area contributed by atoms with Gasteiger partial charge in [-0.25, -0.2) is 0 Å². The molecule has 0 aromatic heterocycles. The van der Waals surface area contributed by atoms with E-state index < -0.39 is 0 Å². The van der Waals surface area contributed by atoms with Crippen molar-refractivity contribution < 1.29 is 4.79 Å². The largest absolute Gasteiger partial charge is 0.351 e. The van der Waals surface area contributed by atoms with Gasteiger partial charge in [-0.05, 0) is 48.3 Å². The predicted octanol–water partition coefficient (Wildman–Crippen LogP) is 4.34. The fourth-order valence-electron chi connectivity index (χ4n) is 4.10. The van der Waals surface area contributed by atoms with Crippen LogP contribution >= 0.6 is 11.6 Å². The van der Waals surface area contributed by atoms with E-state index in [1.165, 1.54) is 0 Å². The molecule has 2 saturated carbocycles. The lowest BCUT2D eigenvalue weighted by Gasteiger charge is -2.37. The molecule has 112 valence electrons. The molecule has 2 unspecified atom stereocenters. The lowest BCUT2D eigenvalue weighted by Crippen LogP contribution is -2.41. The van der Waals surface area contributed by atoms with Crippen LogP contribution in [0.5, 0.6) is 0 Å². The van der Waals surface area contributed by atoms with Crippen molar-refractivity contribution in [2.45, 2.75) is 39.7 Å². The van der Waals surface area contributed by atoms with E-state index in [2.05, 4.69) is 25.7 Å². The van der Waals surface area contributed by atoms with E-state index in [0.717, 1.165) is 30.4 Å². The number of nitrogens with one attached hydrogen (secondary N) is 1. The van der Waals surface area contributed by atoms with Crippen LogP contribution in [0.1, 0.15) is 38.7 Å². The normalized spacial score (nSPS) is 29.7. The van der Waals surface area contributed by atoms with E-state index in [9.17, 15) is 4.79 Å². The zero-order valence-electron chi connectivity index (χ0n) is 12.7. The third kappa shape index (κ3) is 2.20. The maximum Gasteiger partial charge on any atom is 0.230 e. The van der Waals surface area contributed by atoms with Crippen molar-refractivity contribution in [2.75, 3.05) is 0 Å². The molecule has 0 aliphatic heterocycles. The minimum absolute atomic E-state index is 0.0931. The Hall–Kier alpha value is -1.28. The Morgan fingerprint density at radius 3 is 2.62 bits per heavy atom. The van der Waals surface area contributed by atoms with Crippen molar-refractivity contribution in [2.24, 2.45) is 16.7 Å². The van der Waals surface area contributed by atoms with Crippen molar-refractivity contribution in [1.82, 2.24) is 5.32 Å². The van der Waals surface area contributed by atoms with Gasteiger partial charge in [0, 0.05) is 11.6 Å². The highest BCUT2D eigenvalue weighted by Crippen LogP contribution is 2.65. The molecule has 2 bridgehead atoms. The van der Waals surface area contributed by atoms with Gasteiger partial charge in [0.1, 0.15) is 0 Å². The van der Waals surface area contributed by atoms with E-state index in [1.807, 2.05) is 24.3 Å². The molecular weight excluding hydrogens is 282 g/mol. The molecule has 2 aliphatic carbocycles. The number of fused-ring (bicyclic) bond motifs is 2. The van der Waals surface area contributed by atoms with Gasteiger partial charge in [-0.2, -0.15) is 0 Å². The summed E-state index contributed by atoms with van der Waals surface area (Å²) in [5, 5.41) is 3.82. The standard InChI is InChI=1S/C18H22ClNO/c1-12-17(2,3)14-8-9-18(12,10-14)16(21)20-11-13-4-6-15(19)7-5-13/h4-7,14H,1,8-11H2,2-3H3,(H,20,21). The van der Waals surface area contributed by atoms with Crippen LogP contribution in [-0.4, -0.2) is 5.91 Å². The molecule has 3 heteroatoms. The number of hydrogen-bond acceptors (Lipinski definition) is 1. The number of carbonyl (C=O) groups excluding carboxylic acids is 1. The average molecular weight is 304 g/mol. The molecule has 3 rings (SSSR count). The summed E-state index contributed by atoms with van der Waals surface area (Å²) in [6, 6.07) is 7.60. The van der Waals surface area contributed by atoms with Gasteiger partial charge in [0.25, 0.3) is 0 Å². The minimum atomic E-state index is -0.333. The zero-order valence-corrected chi connectivity index (χ0v) is 13.5. The molecule has 2 nitrogen and oxygen atoms in total. The molecule has 0 radical (unpaired) electrons. The molecule has 2 atom stereocenters. The highest BCUT2D eigenvalue weighted by atomic mass is 35.5. The molecule has 1 aromatic carbocycles. The second-order valence-electron chi connectivity index (χ2n) is 7.03. The van der Waals surface area contributed by atoms with E-state index >= 15 is 0 Å². The summed E-state index contributed by atoms with van der Waals surface area (Å²) >= 11 is 5.88. The summed E-state index contributed by atoms with van der Waals surface area (Å²) < 4.78 is 0. The summed E-state index contributed by atoms with van der Waals surface area (Å²) in [7, 11) is 0. The van der Waals surface area contributed by atoms with Gasteiger partial charge in [-0.15, -0.1) is 0 Å². The van der Waals surface area contributed by atoms with Crippen LogP contribution in [-0.2, 0) is 11.3 Å². The van der Waals surface area contributed by atoms with Gasteiger partial charge in [0.05, 0.1) is 5.41 Å². The number of rotatable bonds is 3. The Bertz CT molecular complexity index is 590. The SMILES string of the molecule is C=C1C2(C(=O)NCc3ccc(Cl)cc3)CCC(C2)C1(C)C. The van der Waals surface area contributed by atoms with E-state index in [1.54, 1.807) is 0 Å². The number of benzene rings is 1. The van der Waals surface area contributed by atoms with Gasteiger partial charge in [-0.1, -0.05) is 49.7 Å². The highest BCUT2D eigenvalue weighted by molar-refractivity contribution is 6.30. The van der Waals surface area contributed by atoms with Crippen LogP contribution in [0, 0.1) is 16.7 Å². The van der Waals surface area contributed by atoms with Crippen molar-refractivity contribution in [3.8, 4) is 0 Å². The van der Waals surface area contributed by atoms with Crippen LogP contribution in [0.2, 0.25) is 5.02 Å². The maximum atomic E-state index is 12.8. The maximum absolute atomic E-state index is 12.8. The first-order valence-electron chi connectivity index (χ1n) is 7.59. The van der Waals surface area contributed by atoms with Gasteiger partial charge >= 0.3 is 0 Å². The second kappa shape index (κ2) is 4.88. The Morgan fingerprint density at radius 2 is 2.05 bits per heavy atom. The average Bonchev–Trinajstić information content (AvgIpc) is 2.98. The molecule has 0 heterocycles. The number of amides is 1. The molecule has 2 aliphatic rings. The monoisotopic (exact) mass is 303 g/mol. The van der Waals surface area contributed by atoms with Gasteiger partial charge in [0.15, 0.2) is 0 Å². The van der Waals surface area contributed by atoms with Crippen molar-refractivity contribution in [1.29, 1.82) is 0 Å². The third-order valence-electron chi connectivity index (χ3n) is 5.69. The molecule has 0 spiro atoms. The molecule has 1 aromatic rings. The van der Waals surface area contributed by atoms with Crippen molar-refractivity contribution in [3.05, 3.63) is 47.0 Å². The first-order valence-corrected chi connectivity index (χ1v) is 7.97. The Balaban J connectivity index is 1.71. The van der Waals surface area contributed by atoms with Crippen LogP contribution in [0.15, 0.2) is 36.4 Å². The first kappa shape index (κ1) is 14.6. The van der Waals surface area contributed by atoms with Crippen LogP contribution in [0.3, 0.4) is 0 Å². The van der Waals surface area contributed by atoms with E-state index in [-0.39, 0.29) is 16.7 Å². The molecule has 0 saturated heterocycles. The Labute approximate surface area is 131 Å². The van der Waals surface area contributed by atoms with Crippen LogP contribution in [0.25, 0.3) is 0 Å². The van der Waals surface area contributed by atoms with Gasteiger partial charge in [0.2, 0.25) is 5.91 Å². The fourth-order valence-corrected chi connectivity index (χ4v) is 4.22. The lowest BCUT2D eigenvalue weighted by atomic mass is 9.68. The smallest absolute Gasteiger partial charge is 0.230 e. The molecule has 1 N–H and O–H groups in total. The number of halogens is 1. The van der Waals surface area contributed by atoms with Crippen LogP contribution < -0.4 is 5.32 Å². The van der Waals surface area contributed by atoms with Gasteiger partial charge in [-0.3, -0.25) is 4.79 Å². The van der Waals surface area contributed by atoms with Gasteiger partial charge < -0.3 is 5.32 Å². The van der Waals surface area contributed by atoms with E-state index in [4.69, 9.17) is 11.6 Å². The highest BCUT2D eigenvalue weighted by Gasteiger charge is 2.60. The Kier molecular flexibility index (Phi) is 3.40. The quantitative estimate of drug-likeness (QED) is 0.827. The summed E-state index contributed by atoms with van der Waals surface area (Å²) in [5.74, 6) is 0.752. The lowest BCUT2D eigenvalue weighted by molar-refractivity contribution is -0.128. The van der Waals surface area contributed by atoms with Crippen molar-refractivity contribution >= 4 is 17.5 Å². The summed E-state index contributed by atoms with van der Waals surface area (Å²) in [4.78, 5) is 12.8. The Morgan fingerprint density at radius 1 is 1.38 bits per heavy atom. The fraction of sp³-hybridized carbons (Fsp3) is 0.500. The first-order chi connectivity index (χ1) is 9.86. The second-order valence-corrected chi connectivity index (χ2v) is 7.47.